The van der Waals surface area contributed by atoms with Gasteiger partial charge in [0.05, 0.1) is 11.9 Å². The number of nitrogen functional groups attached to an aromatic ring is 1. The molecule has 0 atom stereocenters. The van der Waals surface area contributed by atoms with Crippen molar-refractivity contribution < 1.29 is 4.79 Å². The molecule has 0 unspecified atom stereocenters. The summed E-state index contributed by atoms with van der Waals surface area (Å²) in [5, 5.41) is 2.88. The first-order valence-corrected chi connectivity index (χ1v) is 11.6. The highest BCUT2D eigenvalue weighted by atomic mass is 16.1. The molecule has 7 nitrogen and oxygen atoms in total. The van der Waals surface area contributed by atoms with Crippen LogP contribution in [0.25, 0.3) is 22.5 Å². The van der Waals surface area contributed by atoms with Gasteiger partial charge in [-0.15, -0.1) is 0 Å². The summed E-state index contributed by atoms with van der Waals surface area (Å²) >= 11 is 0. The van der Waals surface area contributed by atoms with Gasteiger partial charge in [0.15, 0.2) is 0 Å². The second kappa shape index (κ2) is 8.83. The van der Waals surface area contributed by atoms with Crippen molar-refractivity contribution in [3.63, 3.8) is 0 Å². The average molecular weight is 443 g/mol. The van der Waals surface area contributed by atoms with Gasteiger partial charge in [-0.3, -0.25) is 9.69 Å². The van der Waals surface area contributed by atoms with Crippen molar-refractivity contribution in [3.05, 3.63) is 59.8 Å². The fraction of sp³-hybridized carbons (Fsp3) is 0.346. The number of hydrogen-bond acceptors (Lipinski definition) is 6. The van der Waals surface area contributed by atoms with Crippen LogP contribution in [0.3, 0.4) is 0 Å². The molecule has 2 aliphatic rings. The minimum atomic E-state index is -0.0266. The van der Waals surface area contributed by atoms with Crippen LogP contribution in [-0.4, -0.2) is 59.5 Å². The first-order chi connectivity index (χ1) is 16.0. The Kier molecular flexibility index (Phi) is 5.72. The Hall–Kier alpha value is -3.45. The fourth-order valence-electron chi connectivity index (χ4n) is 4.66. The predicted octanol–water partition coefficient (Wildman–Crippen LogP) is 3.21. The van der Waals surface area contributed by atoms with E-state index in [-0.39, 0.29) is 5.91 Å². The monoisotopic (exact) mass is 442 g/mol. The number of carbonyl (C=O) groups excluding carboxylic acids is 1. The van der Waals surface area contributed by atoms with Gasteiger partial charge in [0, 0.05) is 61.1 Å². The number of nitrogens with zero attached hydrogens (tertiary/aromatic N) is 4. The van der Waals surface area contributed by atoms with Crippen molar-refractivity contribution >= 4 is 17.4 Å². The maximum atomic E-state index is 12.1. The van der Waals surface area contributed by atoms with Gasteiger partial charge >= 0.3 is 0 Å². The molecule has 1 amide bonds. The van der Waals surface area contributed by atoms with Gasteiger partial charge in [0.1, 0.15) is 11.5 Å². The molecule has 0 saturated carbocycles. The molecule has 3 aromatic rings. The lowest BCUT2D eigenvalue weighted by Gasteiger charge is -2.38. The molecule has 1 saturated heterocycles. The van der Waals surface area contributed by atoms with Gasteiger partial charge in [0.25, 0.3) is 5.91 Å². The summed E-state index contributed by atoms with van der Waals surface area (Å²) in [6, 6.07) is 14.9. The van der Waals surface area contributed by atoms with Crippen LogP contribution in [0.2, 0.25) is 0 Å². The van der Waals surface area contributed by atoms with Gasteiger partial charge in [-0.1, -0.05) is 18.2 Å². The zero-order chi connectivity index (χ0) is 22.9. The molecule has 1 aromatic heterocycles. The molecule has 0 aliphatic carbocycles. The first-order valence-electron chi connectivity index (χ1n) is 11.6. The summed E-state index contributed by atoms with van der Waals surface area (Å²) in [4.78, 5) is 26.3. The highest BCUT2D eigenvalue weighted by Gasteiger charge is 2.20. The molecule has 0 radical (unpaired) electrons. The van der Waals surface area contributed by atoms with E-state index in [1.165, 1.54) is 5.69 Å². The molecule has 2 aliphatic heterocycles. The van der Waals surface area contributed by atoms with Gasteiger partial charge < -0.3 is 16.0 Å². The molecular formula is C26H30N6O. The summed E-state index contributed by atoms with van der Waals surface area (Å²) < 4.78 is 0. The summed E-state index contributed by atoms with van der Waals surface area (Å²) in [7, 11) is 0. The second-order valence-electron chi connectivity index (χ2n) is 9.03. The van der Waals surface area contributed by atoms with Crippen LogP contribution in [0, 0.1) is 0 Å². The zero-order valence-electron chi connectivity index (χ0n) is 19.2. The molecule has 33 heavy (non-hydrogen) atoms. The van der Waals surface area contributed by atoms with Gasteiger partial charge in [-0.05, 0) is 50.1 Å². The second-order valence-corrected chi connectivity index (χ2v) is 9.03. The van der Waals surface area contributed by atoms with Crippen molar-refractivity contribution in [2.24, 2.45) is 0 Å². The largest absolute Gasteiger partial charge is 0.382 e. The number of hydrogen-bond donors (Lipinski definition) is 2. The van der Waals surface area contributed by atoms with Crippen molar-refractivity contribution in [2.75, 3.05) is 43.4 Å². The standard InChI is InChI=1S/C26H30N6O/c1-17(2)31-11-13-32(14-12-31)21-6-3-18(4-7-21)23-16-29-25(27)24(30-23)20-5-8-22-19(15-20)9-10-28-26(22)33/h3-8,15-17H,9-14H2,1-2H3,(H2,27,29)(H,28,33). The Morgan fingerprint density at radius 1 is 1.00 bits per heavy atom. The molecule has 5 rings (SSSR count). The zero-order valence-corrected chi connectivity index (χ0v) is 19.2. The van der Waals surface area contributed by atoms with Crippen LogP contribution in [0.15, 0.2) is 48.7 Å². The average Bonchev–Trinajstić information content (AvgIpc) is 2.84. The first kappa shape index (κ1) is 21.4. The van der Waals surface area contributed by atoms with Gasteiger partial charge in [-0.25, -0.2) is 9.97 Å². The van der Waals surface area contributed by atoms with E-state index in [1.54, 1.807) is 6.20 Å². The third-order valence-electron chi connectivity index (χ3n) is 6.68. The van der Waals surface area contributed by atoms with Crippen molar-refractivity contribution in [2.45, 2.75) is 26.3 Å². The quantitative estimate of drug-likeness (QED) is 0.645. The molecule has 3 heterocycles. The summed E-state index contributed by atoms with van der Waals surface area (Å²) in [5.74, 6) is 0.361. The van der Waals surface area contributed by atoms with E-state index >= 15 is 0 Å². The van der Waals surface area contributed by atoms with Gasteiger partial charge in [-0.2, -0.15) is 0 Å². The Balaban J connectivity index is 1.38. The molecule has 0 bridgehead atoms. The molecule has 2 aromatic carbocycles. The lowest BCUT2D eigenvalue weighted by molar-refractivity contribution is 0.0946. The van der Waals surface area contributed by atoms with E-state index in [2.05, 4.69) is 58.2 Å². The molecule has 0 spiro atoms. The van der Waals surface area contributed by atoms with Crippen LogP contribution < -0.4 is 16.0 Å². The third kappa shape index (κ3) is 4.28. The Labute approximate surface area is 194 Å². The number of carbonyl (C=O) groups is 1. The maximum Gasteiger partial charge on any atom is 0.251 e. The Bertz CT molecular complexity index is 1170. The number of nitrogens with one attached hydrogen (secondary N) is 1. The molecule has 1 fully saturated rings. The molecule has 3 N–H and O–H groups in total. The summed E-state index contributed by atoms with van der Waals surface area (Å²) in [6.07, 6.45) is 2.52. The number of benzene rings is 2. The smallest absolute Gasteiger partial charge is 0.251 e. The van der Waals surface area contributed by atoms with E-state index in [4.69, 9.17) is 10.7 Å². The van der Waals surface area contributed by atoms with Crippen LogP contribution in [0.4, 0.5) is 11.5 Å². The van der Waals surface area contributed by atoms with Crippen molar-refractivity contribution in [1.82, 2.24) is 20.2 Å². The van der Waals surface area contributed by atoms with Crippen LogP contribution >= 0.6 is 0 Å². The molecular weight excluding hydrogens is 412 g/mol. The van der Waals surface area contributed by atoms with E-state index in [1.807, 2.05) is 18.2 Å². The van der Waals surface area contributed by atoms with Crippen LogP contribution in [-0.2, 0) is 6.42 Å². The highest BCUT2D eigenvalue weighted by Crippen LogP contribution is 2.29. The van der Waals surface area contributed by atoms with E-state index in [0.717, 1.165) is 60.5 Å². The summed E-state index contributed by atoms with van der Waals surface area (Å²) in [5.41, 5.74) is 12.5. The van der Waals surface area contributed by atoms with Crippen molar-refractivity contribution in [1.29, 1.82) is 0 Å². The SMILES string of the molecule is CC(C)N1CCN(c2ccc(-c3cnc(N)c(-c4ccc5c(c4)CCNC5=O)n3)cc2)CC1. The predicted molar refractivity (Wildman–Crippen MR) is 132 cm³/mol. The number of anilines is 2. The van der Waals surface area contributed by atoms with Crippen LogP contribution in [0.1, 0.15) is 29.8 Å². The minimum Gasteiger partial charge on any atom is -0.382 e. The van der Waals surface area contributed by atoms with E-state index in [9.17, 15) is 4.79 Å². The normalized spacial score (nSPS) is 16.6. The number of piperazine rings is 1. The fourth-order valence-corrected chi connectivity index (χ4v) is 4.66. The minimum absolute atomic E-state index is 0.0266. The van der Waals surface area contributed by atoms with Gasteiger partial charge in [0.2, 0.25) is 0 Å². The van der Waals surface area contributed by atoms with Crippen LogP contribution in [0.5, 0.6) is 0 Å². The topological polar surface area (TPSA) is 87.4 Å². The number of nitrogens with two attached hydrogens (primary N) is 1. The molecule has 7 heteroatoms. The number of amides is 1. The van der Waals surface area contributed by atoms with E-state index < -0.39 is 0 Å². The number of fused-ring (bicyclic) bond motifs is 1. The molecule has 170 valence electrons. The van der Waals surface area contributed by atoms with E-state index in [0.29, 0.717) is 24.1 Å². The maximum absolute atomic E-state index is 12.1. The lowest BCUT2D eigenvalue weighted by atomic mass is 9.96. The summed E-state index contributed by atoms with van der Waals surface area (Å²) in [6.45, 7) is 9.43. The highest BCUT2D eigenvalue weighted by molar-refractivity contribution is 5.97. The Morgan fingerprint density at radius 2 is 1.73 bits per heavy atom. The Morgan fingerprint density at radius 3 is 2.45 bits per heavy atom. The lowest BCUT2D eigenvalue weighted by Crippen LogP contribution is -2.48. The number of aromatic nitrogens is 2. The van der Waals surface area contributed by atoms with Crippen molar-refractivity contribution in [3.8, 4) is 22.5 Å². The third-order valence-corrected chi connectivity index (χ3v) is 6.68. The number of rotatable bonds is 4.